The van der Waals surface area contributed by atoms with Crippen LogP contribution >= 0.6 is 0 Å². The number of fused-ring (bicyclic) bond motifs is 3. The van der Waals surface area contributed by atoms with Gasteiger partial charge in [0.1, 0.15) is 5.58 Å². The normalized spacial score (nSPS) is 13.3. The Kier molecular flexibility index (Phi) is 12.2. The van der Waals surface area contributed by atoms with Crippen molar-refractivity contribution in [2.45, 2.75) is 69.1 Å². The fraction of sp³-hybridized carbons (Fsp3) is 0.231. The van der Waals surface area contributed by atoms with Gasteiger partial charge in [-0.15, -0.1) is 18.2 Å². The van der Waals surface area contributed by atoms with E-state index in [2.05, 4.69) is 159 Å². The first-order chi connectivity index (χ1) is 27.1. The number of aromatic nitrogens is 2. The molecule has 9 rings (SSSR count). The van der Waals surface area contributed by atoms with Gasteiger partial charge in [-0.1, -0.05) is 86.2 Å². The molecule has 0 saturated heterocycles. The molecule has 0 bridgehead atoms. The van der Waals surface area contributed by atoms with Gasteiger partial charge in [0.05, 0.1) is 5.58 Å². The maximum Gasteiger partial charge on any atom is 0 e. The predicted molar refractivity (Wildman–Crippen MR) is 238 cm³/mol. The number of pyridine rings is 2. The Balaban J connectivity index is 0.000000183. The molecule has 0 amide bonds. The molecule has 3 aromatic heterocycles. The van der Waals surface area contributed by atoms with Crippen LogP contribution in [-0.4, -0.2) is 23.2 Å². The van der Waals surface area contributed by atoms with Crippen LogP contribution in [0, 0.1) is 25.0 Å². The molecule has 3 nitrogen and oxygen atoms in total. The Bertz CT molecular complexity index is 2620. The van der Waals surface area contributed by atoms with Crippen molar-refractivity contribution in [3.63, 3.8) is 0 Å². The van der Waals surface area contributed by atoms with Crippen LogP contribution in [0.3, 0.4) is 0 Å². The molecule has 3 heterocycles. The van der Waals surface area contributed by atoms with E-state index in [1.807, 2.05) is 30.5 Å². The van der Waals surface area contributed by atoms with Crippen molar-refractivity contribution >= 4 is 39.6 Å². The minimum absolute atomic E-state index is 0. The predicted octanol–water partition coefficient (Wildman–Crippen LogP) is 13.6. The van der Waals surface area contributed by atoms with Crippen LogP contribution in [0.1, 0.15) is 50.7 Å². The standard InChI is InChI=1S/C31H28NO.C21H22GeN.Ir/c1-31(2,23-11-6-7-12-23)24-17-18-32-28(20-24)27-14-8-13-26-25-16-15-22(19-29(25)33-30(26)27)21-9-4-3-5-10-21;1-16-13-21(23-15-20(16)22(2,3)4)19-12-8-11-18(14-19)17-9-6-5-7-10-17;/h3-5,8-10,13,15-20,23H,6-7,11-12H2,1-2H3;5-11,13-15H,1-4H3;/q2*-1;. The van der Waals surface area contributed by atoms with Gasteiger partial charge in [-0.2, -0.15) is 0 Å². The van der Waals surface area contributed by atoms with E-state index < -0.39 is 13.3 Å². The number of hydrogen-bond donors (Lipinski definition) is 0. The topological polar surface area (TPSA) is 38.9 Å². The van der Waals surface area contributed by atoms with E-state index in [1.165, 1.54) is 57.9 Å². The first kappa shape index (κ1) is 40.6. The van der Waals surface area contributed by atoms with Gasteiger partial charge in [-0.3, -0.25) is 0 Å². The molecule has 0 atom stereocenters. The molecular formula is C52H50GeIrN2O-2. The van der Waals surface area contributed by atoms with E-state index in [0.717, 1.165) is 55.9 Å². The molecule has 57 heavy (non-hydrogen) atoms. The number of nitrogens with zero attached hydrogens (tertiary/aromatic N) is 2. The van der Waals surface area contributed by atoms with Gasteiger partial charge in [0, 0.05) is 31.7 Å². The Hall–Kier alpha value is -4.61. The smallest absolute Gasteiger partial charge is 0 e. The molecule has 1 radical (unpaired) electrons. The van der Waals surface area contributed by atoms with Crippen molar-refractivity contribution in [3.8, 4) is 44.8 Å². The van der Waals surface area contributed by atoms with Gasteiger partial charge < -0.3 is 9.40 Å². The van der Waals surface area contributed by atoms with Gasteiger partial charge in [0.2, 0.25) is 0 Å². The SMILES string of the molecule is CC(C)(c1ccnc(-c2[c-]ccc3c2oc2cc(-c4ccccc4)ccc23)c1)C1CCCC1.Cc1cc(-c2[c-]ccc(-c3ccccc3)c2)nc[c]1[Ge]([CH3])([CH3])[CH3].[Ir]. The summed E-state index contributed by atoms with van der Waals surface area (Å²) in [7, 11) is 0. The maximum atomic E-state index is 6.45. The summed E-state index contributed by atoms with van der Waals surface area (Å²) in [6.07, 6.45) is 9.38. The van der Waals surface area contributed by atoms with Crippen molar-refractivity contribution in [2.24, 2.45) is 5.92 Å². The third-order valence-electron chi connectivity index (χ3n) is 11.8. The minimum Gasteiger partial charge on any atom is 0 e. The summed E-state index contributed by atoms with van der Waals surface area (Å²) in [5.74, 6) is 7.96. The fourth-order valence-electron chi connectivity index (χ4n) is 8.51. The summed E-state index contributed by atoms with van der Waals surface area (Å²) in [4.78, 5) is 9.47. The van der Waals surface area contributed by atoms with E-state index >= 15 is 0 Å². The Morgan fingerprint density at radius 3 is 2.00 bits per heavy atom. The minimum atomic E-state index is -1.85. The summed E-state index contributed by atoms with van der Waals surface area (Å²) >= 11 is -1.85. The average Bonchev–Trinajstić information content (AvgIpc) is 3.91. The van der Waals surface area contributed by atoms with Crippen molar-refractivity contribution in [2.75, 3.05) is 0 Å². The number of aryl methyl sites for hydroxylation is 1. The summed E-state index contributed by atoms with van der Waals surface area (Å²) in [6, 6.07) is 51.1. The van der Waals surface area contributed by atoms with Crippen molar-refractivity contribution in [1.82, 2.24) is 9.97 Å². The first-order valence-electron chi connectivity index (χ1n) is 20.0. The Morgan fingerprint density at radius 1 is 0.667 bits per heavy atom. The van der Waals surface area contributed by atoms with Crippen LogP contribution in [0.15, 0.2) is 144 Å². The monoisotopic (exact) mass is 985 g/mol. The summed E-state index contributed by atoms with van der Waals surface area (Å²) in [6.45, 7) is 6.98. The van der Waals surface area contributed by atoms with Crippen LogP contribution in [-0.2, 0) is 25.5 Å². The van der Waals surface area contributed by atoms with E-state index in [9.17, 15) is 0 Å². The second kappa shape index (κ2) is 17.1. The maximum absolute atomic E-state index is 6.45. The second-order valence-electron chi connectivity index (χ2n) is 16.9. The molecule has 1 aliphatic rings. The third-order valence-corrected chi connectivity index (χ3v) is 16.3. The van der Waals surface area contributed by atoms with Crippen LogP contribution in [0.2, 0.25) is 17.3 Å². The van der Waals surface area contributed by atoms with Crippen LogP contribution in [0.25, 0.3) is 66.7 Å². The number of benzene rings is 5. The quantitative estimate of drug-likeness (QED) is 0.118. The molecular weight excluding hydrogens is 933 g/mol. The molecule has 5 heteroatoms. The van der Waals surface area contributed by atoms with E-state index in [0.29, 0.717) is 0 Å². The molecule has 0 spiro atoms. The summed E-state index contributed by atoms with van der Waals surface area (Å²) in [5, 5.41) is 2.24. The molecule has 1 saturated carbocycles. The molecule has 289 valence electrons. The average molecular weight is 984 g/mol. The number of furan rings is 1. The number of rotatable bonds is 7. The Labute approximate surface area is 354 Å². The van der Waals surface area contributed by atoms with Crippen molar-refractivity contribution in [3.05, 3.63) is 163 Å². The third kappa shape index (κ3) is 8.65. The van der Waals surface area contributed by atoms with Crippen LogP contribution in [0.4, 0.5) is 0 Å². The van der Waals surface area contributed by atoms with Gasteiger partial charge in [-0.05, 0) is 58.7 Å². The zero-order valence-electron chi connectivity index (χ0n) is 33.8. The first-order valence-corrected chi connectivity index (χ1v) is 27.3. The zero-order valence-corrected chi connectivity index (χ0v) is 38.3. The van der Waals surface area contributed by atoms with Crippen molar-refractivity contribution in [1.29, 1.82) is 0 Å². The van der Waals surface area contributed by atoms with E-state index in [1.54, 1.807) is 0 Å². The van der Waals surface area contributed by atoms with Crippen LogP contribution in [0.5, 0.6) is 0 Å². The number of hydrogen-bond acceptors (Lipinski definition) is 3. The largest absolute Gasteiger partial charge is 0 e. The summed E-state index contributed by atoms with van der Waals surface area (Å²) < 4.78 is 7.93. The van der Waals surface area contributed by atoms with Gasteiger partial charge in [0.25, 0.3) is 0 Å². The Morgan fingerprint density at radius 2 is 1.33 bits per heavy atom. The zero-order chi connectivity index (χ0) is 38.9. The molecule has 8 aromatic rings. The molecule has 0 aliphatic heterocycles. The van der Waals surface area contributed by atoms with Gasteiger partial charge in [-0.25, -0.2) is 0 Å². The molecule has 0 unspecified atom stereocenters. The van der Waals surface area contributed by atoms with Gasteiger partial charge >= 0.3 is 142 Å². The molecule has 5 aromatic carbocycles. The molecule has 1 fully saturated rings. The van der Waals surface area contributed by atoms with Gasteiger partial charge in [0.15, 0.2) is 0 Å². The second-order valence-corrected chi connectivity index (χ2v) is 27.5. The molecule has 0 N–H and O–H groups in total. The van der Waals surface area contributed by atoms with Crippen LogP contribution < -0.4 is 4.40 Å². The van der Waals surface area contributed by atoms with E-state index in [4.69, 9.17) is 14.4 Å². The van der Waals surface area contributed by atoms with Crippen molar-refractivity contribution < 1.29 is 24.5 Å². The van der Waals surface area contributed by atoms with E-state index in [-0.39, 0.29) is 25.5 Å². The molecule has 1 aliphatic carbocycles. The summed E-state index contributed by atoms with van der Waals surface area (Å²) in [5.41, 5.74) is 13.3. The fourth-order valence-corrected chi connectivity index (χ4v) is 12.1.